The summed E-state index contributed by atoms with van der Waals surface area (Å²) >= 11 is 0. The highest BCUT2D eigenvalue weighted by molar-refractivity contribution is 5.97. The molecule has 1 fully saturated rings. The second kappa shape index (κ2) is 5.51. The summed E-state index contributed by atoms with van der Waals surface area (Å²) in [4.78, 5) is 14.6. The number of rotatable bonds is 1. The Bertz CT molecular complexity index is 464. The summed E-state index contributed by atoms with van der Waals surface area (Å²) < 4.78 is 11.2. The maximum atomic E-state index is 12.6. The van der Waals surface area contributed by atoms with Crippen LogP contribution in [-0.2, 0) is 0 Å². The van der Waals surface area contributed by atoms with Crippen LogP contribution in [0.25, 0.3) is 0 Å². The van der Waals surface area contributed by atoms with Crippen LogP contribution in [-0.4, -0.2) is 37.1 Å². The van der Waals surface area contributed by atoms with Gasteiger partial charge in [-0.25, -0.2) is 0 Å². The topological polar surface area (TPSA) is 38.8 Å². The minimum Gasteiger partial charge on any atom is -0.486 e. The van der Waals surface area contributed by atoms with Gasteiger partial charge in [0.05, 0.1) is 5.56 Å². The average molecular weight is 261 g/mol. The standard InChI is InChI=1S/C15H19NO3/c17-15(16-8-3-1-2-4-9-16)12-6-5-7-13-14(12)19-11-10-18-13/h5-7H,1-4,8-11H2. The third-order valence-corrected chi connectivity index (χ3v) is 3.69. The number of para-hydroxylation sites is 1. The molecule has 1 amide bonds. The molecule has 19 heavy (non-hydrogen) atoms. The molecular formula is C15H19NO3. The van der Waals surface area contributed by atoms with Crippen LogP contribution < -0.4 is 9.47 Å². The molecule has 102 valence electrons. The van der Waals surface area contributed by atoms with Gasteiger partial charge >= 0.3 is 0 Å². The number of hydrogen-bond acceptors (Lipinski definition) is 3. The Morgan fingerprint density at radius 3 is 2.53 bits per heavy atom. The normalized spacial score (nSPS) is 18.8. The summed E-state index contributed by atoms with van der Waals surface area (Å²) in [6.45, 7) is 2.76. The number of nitrogens with zero attached hydrogens (tertiary/aromatic N) is 1. The van der Waals surface area contributed by atoms with E-state index in [0.29, 0.717) is 30.3 Å². The van der Waals surface area contributed by atoms with Crippen molar-refractivity contribution in [3.8, 4) is 11.5 Å². The van der Waals surface area contributed by atoms with Crippen molar-refractivity contribution in [3.05, 3.63) is 23.8 Å². The highest BCUT2D eigenvalue weighted by atomic mass is 16.6. The summed E-state index contributed by atoms with van der Waals surface area (Å²) in [5.74, 6) is 1.37. The van der Waals surface area contributed by atoms with E-state index in [1.807, 2.05) is 23.1 Å². The third kappa shape index (κ3) is 2.53. The Labute approximate surface area is 113 Å². The predicted octanol–water partition coefficient (Wildman–Crippen LogP) is 2.47. The molecule has 0 N–H and O–H groups in total. The summed E-state index contributed by atoms with van der Waals surface area (Å²) in [6.07, 6.45) is 4.63. The smallest absolute Gasteiger partial charge is 0.257 e. The Balaban J connectivity index is 1.86. The Morgan fingerprint density at radius 1 is 1.00 bits per heavy atom. The SMILES string of the molecule is O=C(c1cccc2c1OCCO2)N1CCCCCC1. The van der Waals surface area contributed by atoms with Gasteiger partial charge in [-0.15, -0.1) is 0 Å². The Morgan fingerprint density at radius 2 is 1.74 bits per heavy atom. The quantitative estimate of drug-likeness (QED) is 0.779. The number of amides is 1. The number of fused-ring (bicyclic) bond motifs is 1. The third-order valence-electron chi connectivity index (χ3n) is 3.69. The lowest BCUT2D eigenvalue weighted by Gasteiger charge is -2.24. The molecule has 0 aromatic heterocycles. The lowest BCUT2D eigenvalue weighted by Crippen LogP contribution is -2.32. The molecule has 1 aromatic rings. The van der Waals surface area contributed by atoms with Crippen molar-refractivity contribution in [2.75, 3.05) is 26.3 Å². The second-order valence-corrected chi connectivity index (χ2v) is 5.04. The molecule has 3 rings (SSSR count). The van der Waals surface area contributed by atoms with Crippen molar-refractivity contribution < 1.29 is 14.3 Å². The van der Waals surface area contributed by atoms with E-state index in [4.69, 9.17) is 9.47 Å². The first kappa shape index (κ1) is 12.3. The number of carbonyl (C=O) groups excluding carboxylic acids is 1. The first-order chi connectivity index (χ1) is 9.36. The van der Waals surface area contributed by atoms with Crippen LogP contribution in [0.5, 0.6) is 11.5 Å². The lowest BCUT2D eigenvalue weighted by molar-refractivity contribution is 0.0751. The van der Waals surface area contributed by atoms with E-state index < -0.39 is 0 Å². The zero-order valence-electron chi connectivity index (χ0n) is 11.1. The van der Waals surface area contributed by atoms with Crippen LogP contribution in [0.3, 0.4) is 0 Å². The van der Waals surface area contributed by atoms with Gasteiger partial charge in [-0.1, -0.05) is 18.9 Å². The Kier molecular flexibility index (Phi) is 3.58. The van der Waals surface area contributed by atoms with Gasteiger partial charge in [0.25, 0.3) is 5.91 Å². The second-order valence-electron chi connectivity index (χ2n) is 5.04. The van der Waals surface area contributed by atoms with Crippen LogP contribution in [0.4, 0.5) is 0 Å². The predicted molar refractivity (Wildman–Crippen MR) is 71.8 cm³/mol. The molecule has 0 radical (unpaired) electrons. The van der Waals surface area contributed by atoms with E-state index in [-0.39, 0.29) is 5.91 Å². The minimum atomic E-state index is 0.0734. The van der Waals surface area contributed by atoms with E-state index in [9.17, 15) is 4.79 Å². The molecule has 0 bridgehead atoms. The van der Waals surface area contributed by atoms with Gasteiger partial charge in [0.15, 0.2) is 11.5 Å². The van der Waals surface area contributed by atoms with Gasteiger partial charge in [-0.2, -0.15) is 0 Å². The molecule has 4 nitrogen and oxygen atoms in total. The largest absolute Gasteiger partial charge is 0.486 e. The maximum Gasteiger partial charge on any atom is 0.257 e. The van der Waals surface area contributed by atoms with Crippen LogP contribution in [0, 0.1) is 0 Å². The fourth-order valence-corrected chi connectivity index (χ4v) is 2.69. The van der Waals surface area contributed by atoms with Crippen molar-refractivity contribution in [3.63, 3.8) is 0 Å². The molecule has 0 aliphatic carbocycles. The highest BCUT2D eigenvalue weighted by Gasteiger charge is 2.24. The first-order valence-electron chi connectivity index (χ1n) is 7.04. The van der Waals surface area contributed by atoms with Crippen molar-refractivity contribution >= 4 is 5.91 Å². The van der Waals surface area contributed by atoms with Gasteiger partial charge in [-0.05, 0) is 25.0 Å². The van der Waals surface area contributed by atoms with E-state index in [0.717, 1.165) is 25.9 Å². The summed E-state index contributed by atoms with van der Waals surface area (Å²) in [5.41, 5.74) is 0.638. The number of hydrogen-bond donors (Lipinski definition) is 0. The molecule has 0 atom stereocenters. The van der Waals surface area contributed by atoms with E-state index >= 15 is 0 Å². The van der Waals surface area contributed by atoms with Gasteiger partial charge in [0, 0.05) is 13.1 Å². The monoisotopic (exact) mass is 261 g/mol. The molecule has 0 saturated carbocycles. The molecule has 1 aromatic carbocycles. The highest BCUT2D eigenvalue weighted by Crippen LogP contribution is 2.34. The van der Waals surface area contributed by atoms with E-state index in [1.54, 1.807) is 0 Å². The Hall–Kier alpha value is -1.71. The summed E-state index contributed by atoms with van der Waals surface area (Å²) in [5, 5.41) is 0. The molecular weight excluding hydrogens is 242 g/mol. The molecule has 0 unspecified atom stereocenters. The number of likely N-dealkylation sites (tertiary alicyclic amines) is 1. The van der Waals surface area contributed by atoms with Crippen LogP contribution in [0.1, 0.15) is 36.0 Å². The van der Waals surface area contributed by atoms with Crippen molar-refractivity contribution in [2.45, 2.75) is 25.7 Å². The van der Waals surface area contributed by atoms with Crippen molar-refractivity contribution in [2.24, 2.45) is 0 Å². The average Bonchev–Trinajstić information content (AvgIpc) is 2.75. The minimum absolute atomic E-state index is 0.0734. The summed E-state index contributed by atoms with van der Waals surface area (Å²) in [6, 6.07) is 5.55. The molecule has 0 spiro atoms. The van der Waals surface area contributed by atoms with E-state index in [2.05, 4.69) is 0 Å². The number of ether oxygens (including phenoxy) is 2. The van der Waals surface area contributed by atoms with Crippen molar-refractivity contribution in [1.82, 2.24) is 4.90 Å². The van der Waals surface area contributed by atoms with Crippen molar-refractivity contribution in [1.29, 1.82) is 0 Å². The fraction of sp³-hybridized carbons (Fsp3) is 0.533. The van der Waals surface area contributed by atoms with Gasteiger partial charge in [0.1, 0.15) is 13.2 Å². The number of carbonyl (C=O) groups is 1. The molecule has 1 saturated heterocycles. The summed E-state index contributed by atoms with van der Waals surface area (Å²) in [7, 11) is 0. The first-order valence-corrected chi connectivity index (χ1v) is 7.04. The molecule has 4 heteroatoms. The molecule has 2 heterocycles. The maximum absolute atomic E-state index is 12.6. The van der Waals surface area contributed by atoms with Gasteiger partial charge in [0.2, 0.25) is 0 Å². The molecule has 2 aliphatic heterocycles. The zero-order valence-corrected chi connectivity index (χ0v) is 11.1. The van der Waals surface area contributed by atoms with Gasteiger partial charge < -0.3 is 14.4 Å². The van der Waals surface area contributed by atoms with E-state index in [1.165, 1.54) is 12.8 Å². The zero-order chi connectivity index (χ0) is 13.1. The molecule has 2 aliphatic rings. The lowest BCUT2D eigenvalue weighted by atomic mass is 10.1. The van der Waals surface area contributed by atoms with Gasteiger partial charge in [-0.3, -0.25) is 4.79 Å². The van der Waals surface area contributed by atoms with Crippen LogP contribution in [0.2, 0.25) is 0 Å². The van der Waals surface area contributed by atoms with Crippen LogP contribution in [0.15, 0.2) is 18.2 Å². The van der Waals surface area contributed by atoms with Crippen LogP contribution >= 0.6 is 0 Å². The fourth-order valence-electron chi connectivity index (χ4n) is 2.69. The number of benzene rings is 1.